The van der Waals surface area contributed by atoms with E-state index in [0.717, 1.165) is 17.9 Å². The van der Waals surface area contributed by atoms with Crippen LogP contribution in [0, 0.1) is 0 Å². The highest BCUT2D eigenvalue weighted by Crippen LogP contribution is 2.19. The van der Waals surface area contributed by atoms with E-state index in [1.165, 1.54) is 5.56 Å². The van der Waals surface area contributed by atoms with Crippen LogP contribution in [0.4, 0.5) is 0 Å². The molecule has 2 rings (SSSR count). The minimum atomic E-state index is 0.0959. The summed E-state index contributed by atoms with van der Waals surface area (Å²) in [6.45, 7) is 4.47. The van der Waals surface area contributed by atoms with Gasteiger partial charge in [0.05, 0.1) is 13.2 Å². The fourth-order valence-electron chi connectivity index (χ4n) is 2.03. The van der Waals surface area contributed by atoms with Crippen molar-refractivity contribution in [3.8, 4) is 5.75 Å². The Hall–Kier alpha value is -2.28. The predicted molar refractivity (Wildman–Crippen MR) is 82.7 cm³/mol. The van der Waals surface area contributed by atoms with Crippen LogP contribution in [0.3, 0.4) is 0 Å². The van der Waals surface area contributed by atoms with Gasteiger partial charge >= 0.3 is 0 Å². The van der Waals surface area contributed by atoms with Crippen molar-refractivity contribution in [2.75, 3.05) is 7.11 Å². The minimum absolute atomic E-state index is 0.0959. The monoisotopic (exact) mass is 265 g/mol. The summed E-state index contributed by atoms with van der Waals surface area (Å²) in [4.78, 5) is 0. The molecule has 1 N–H and O–H groups in total. The van der Waals surface area contributed by atoms with Gasteiger partial charge in [-0.25, -0.2) is 0 Å². The molecule has 1 unspecified atom stereocenters. The SMILES string of the molecule is C=C=CC(NCc1ccccc1)c1ccc(OC)cc1. The molecule has 0 spiro atoms. The Morgan fingerprint density at radius 2 is 1.85 bits per heavy atom. The van der Waals surface area contributed by atoms with Crippen molar-refractivity contribution in [2.24, 2.45) is 0 Å². The van der Waals surface area contributed by atoms with Crippen molar-refractivity contribution in [1.29, 1.82) is 0 Å². The largest absolute Gasteiger partial charge is 0.497 e. The van der Waals surface area contributed by atoms with Gasteiger partial charge in [-0.3, -0.25) is 0 Å². The first-order chi connectivity index (χ1) is 9.83. The summed E-state index contributed by atoms with van der Waals surface area (Å²) in [7, 11) is 1.67. The molecular formula is C18H19NO. The van der Waals surface area contributed by atoms with Crippen LogP contribution in [0.15, 0.2) is 73.0 Å². The van der Waals surface area contributed by atoms with Gasteiger partial charge in [0.1, 0.15) is 5.75 Å². The number of ether oxygens (including phenoxy) is 1. The van der Waals surface area contributed by atoms with E-state index < -0.39 is 0 Å². The third-order valence-electron chi connectivity index (χ3n) is 3.13. The lowest BCUT2D eigenvalue weighted by atomic mass is 10.1. The van der Waals surface area contributed by atoms with Crippen LogP contribution < -0.4 is 10.1 Å². The van der Waals surface area contributed by atoms with Crippen LogP contribution in [0.5, 0.6) is 5.75 Å². The fraction of sp³-hybridized carbons (Fsp3) is 0.167. The molecule has 2 aromatic carbocycles. The minimum Gasteiger partial charge on any atom is -0.497 e. The molecule has 102 valence electrons. The normalized spacial score (nSPS) is 11.4. The van der Waals surface area contributed by atoms with Crippen LogP contribution in [-0.4, -0.2) is 7.11 Å². The molecule has 0 aromatic heterocycles. The first kappa shape index (κ1) is 14.1. The Labute approximate surface area is 120 Å². The Morgan fingerprint density at radius 3 is 2.45 bits per heavy atom. The van der Waals surface area contributed by atoms with Crippen LogP contribution >= 0.6 is 0 Å². The summed E-state index contributed by atoms with van der Waals surface area (Å²) < 4.78 is 5.18. The first-order valence-corrected chi connectivity index (χ1v) is 6.60. The van der Waals surface area contributed by atoms with Crippen molar-refractivity contribution in [3.05, 3.63) is 84.1 Å². The highest BCUT2D eigenvalue weighted by Gasteiger charge is 2.07. The maximum atomic E-state index is 5.18. The fourth-order valence-corrected chi connectivity index (χ4v) is 2.03. The predicted octanol–water partition coefficient (Wildman–Crippen LogP) is 3.87. The van der Waals surface area contributed by atoms with Gasteiger partial charge in [-0.05, 0) is 29.3 Å². The molecule has 0 aliphatic rings. The van der Waals surface area contributed by atoms with Gasteiger partial charge in [0, 0.05) is 6.54 Å². The molecule has 0 saturated heterocycles. The molecular weight excluding hydrogens is 246 g/mol. The van der Waals surface area contributed by atoms with E-state index in [1.807, 2.05) is 36.4 Å². The maximum Gasteiger partial charge on any atom is 0.118 e. The van der Waals surface area contributed by atoms with Crippen molar-refractivity contribution >= 4 is 0 Å². The zero-order valence-corrected chi connectivity index (χ0v) is 11.7. The summed E-state index contributed by atoms with van der Waals surface area (Å²) in [5.41, 5.74) is 5.28. The second kappa shape index (κ2) is 7.34. The maximum absolute atomic E-state index is 5.18. The van der Waals surface area contributed by atoms with Gasteiger partial charge in [0.25, 0.3) is 0 Å². The highest BCUT2D eigenvalue weighted by molar-refractivity contribution is 5.31. The molecule has 0 fully saturated rings. The molecule has 0 aliphatic heterocycles. The molecule has 20 heavy (non-hydrogen) atoms. The average Bonchev–Trinajstić information content (AvgIpc) is 2.52. The number of benzene rings is 2. The molecule has 0 bridgehead atoms. The van der Waals surface area contributed by atoms with E-state index >= 15 is 0 Å². The quantitative estimate of drug-likeness (QED) is 0.801. The van der Waals surface area contributed by atoms with E-state index in [-0.39, 0.29) is 6.04 Å². The summed E-state index contributed by atoms with van der Waals surface area (Å²) >= 11 is 0. The third-order valence-corrected chi connectivity index (χ3v) is 3.13. The zero-order valence-electron chi connectivity index (χ0n) is 11.7. The Morgan fingerprint density at radius 1 is 1.15 bits per heavy atom. The number of methoxy groups -OCH3 is 1. The van der Waals surface area contributed by atoms with Crippen LogP contribution in [0.2, 0.25) is 0 Å². The van der Waals surface area contributed by atoms with E-state index in [4.69, 9.17) is 4.74 Å². The van der Waals surface area contributed by atoms with Crippen molar-refractivity contribution in [1.82, 2.24) is 5.32 Å². The Balaban J connectivity index is 2.08. The molecule has 2 heteroatoms. The number of hydrogen-bond donors (Lipinski definition) is 1. The first-order valence-electron chi connectivity index (χ1n) is 6.60. The summed E-state index contributed by atoms with van der Waals surface area (Å²) in [6, 6.07) is 18.4. The van der Waals surface area contributed by atoms with Crippen molar-refractivity contribution < 1.29 is 4.74 Å². The molecule has 2 aromatic rings. The van der Waals surface area contributed by atoms with Crippen LogP contribution in [0.25, 0.3) is 0 Å². The average molecular weight is 265 g/mol. The molecule has 2 nitrogen and oxygen atoms in total. The lowest BCUT2D eigenvalue weighted by Gasteiger charge is -2.15. The van der Waals surface area contributed by atoms with E-state index in [0.29, 0.717) is 0 Å². The molecule has 0 amide bonds. The van der Waals surface area contributed by atoms with Crippen molar-refractivity contribution in [3.63, 3.8) is 0 Å². The smallest absolute Gasteiger partial charge is 0.118 e. The zero-order chi connectivity index (χ0) is 14.2. The number of nitrogens with one attached hydrogen (secondary N) is 1. The molecule has 0 aliphatic carbocycles. The summed E-state index contributed by atoms with van der Waals surface area (Å²) in [5.74, 6) is 0.859. The standard InChI is InChI=1S/C18H19NO/c1-3-7-18(16-10-12-17(20-2)13-11-16)19-14-15-8-5-4-6-9-15/h4-13,18-19H,1,14H2,2H3. The molecule has 1 atom stereocenters. The third kappa shape index (κ3) is 3.86. The summed E-state index contributed by atoms with van der Waals surface area (Å²) in [6.07, 6.45) is 1.94. The molecule has 0 heterocycles. The second-order valence-electron chi connectivity index (χ2n) is 4.49. The highest BCUT2D eigenvalue weighted by atomic mass is 16.5. The van der Waals surface area contributed by atoms with Gasteiger partial charge in [-0.2, -0.15) is 0 Å². The van der Waals surface area contributed by atoms with Crippen LogP contribution in [0.1, 0.15) is 17.2 Å². The van der Waals surface area contributed by atoms with Gasteiger partial charge in [-0.1, -0.05) is 49.0 Å². The second-order valence-corrected chi connectivity index (χ2v) is 4.49. The van der Waals surface area contributed by atoms with E-state index in [9.17, 15) is 0 Å². The molecule has 0 radical (unpaired) electrons. The topological polar surface area (TPSA) is 21.3 Å². The van der Waals surface area contributed by atoms with Gasteiger partial charge < -0.3 is 10.1 Å². The van der Waals surface area contributed by atoms with Crippen LogP contribution in [-0.2, 0) is 6.54 Å². The van der Waals surface area contributed by atoms with E-state index in [2.05, 4.69) is 41.9 Å². The van der Waals surface area contributed by atoms with Crippen molar-refractivity contribution in [2.45, 2.75) is 12.6 Å². The van der Waals surface area contributed by atoms with Gasteiger partial charge in [0.2, 0.25) is 0 Å². The number of hydrogen-bond acceptors (Lipinski definition) is 2. The van der Waals surface area contributed by atoms with Gasteiger partial charge in [-0.15, -0.1) is 5.73 Å². The Kier molecular flexibility index (Phi) is 5.19. The lowest BCUT2D eigenvalue weighted by molar-refractivity contribution is 0.414. The van der Waals surface area contributed by atoms with E-state index in [1.54, 1.807) is 7.11 Å². The number of rotatable bonds is 6. The lowest BCUT2D eigenvalue weighted by Crippen LogP contribution is -2.18. The molecule has 0 saturated carbocycles. The summed E-state index contributed by atoms with van der Waals surface area (Å²) in [5, 5.41) is 3.49. The van der Waals surface area contributed by atoms with Gasteiger partial charge in [0.15, 0.2) is 0 Å². The Bertz CT molecular complexity index is 568.